The van der Waals surface area contributed by atoms with E-state index < -0.39 is 44.0 Å². The van der Waals surface area contributed by atoms with E-state index in [2.05, 4.69) is 10.0 Å². The molecule has 0 aliphatic rings. The number of hydrogen-bond acceptors (Lipinski definition) is 7. The van der Waals surface area contributed by atoms with Gasteiger partial charge in [-0.2, -0.15) is 9.03 Å². The van der Waals surface area contributed by atoms with Gasteiger partial charge in [0, 0.05) is 30.7 Å². The summed E-state index contributed by atoms with van der Waals surface area (Å²) in [4.78, 5) is 14.1. The molecule has 0 spiro atoms. The van der Waals surface area contributed by atoms with Crippen LogP contribution in [0, 0.1) is 5.92 Å². The topological polar surface area (TPSA) is 159 Å². The number of carbonyl (C=O) groups excluding carboxylic acids is 1. The molecule has 0 aliphatic heterocycles. The second kappa shape index (κ2) is 17.5. The van der Waals surface area contributed by atoms with Crippen molar-refractivity contribution in [1.82, 2.24) is 14.3 Å². The molecule has 49 heavy (non-hydrogen) atoms. The molecular weight excluding hydrogens is 661 g/mol. The van der Waals surface area contributed by atoms with Crippen LogP contribution in [0.2, 0.25) is 0 Å². The van der Waals surface area contributed by atoms with Crippen molar-refractivity contribution < 1.29 is 26.7 Å². The molecule has 0 aliphatic carbocycles. The van der Waals surface area contributed by atoms with Gasteiger partial charge in [0.25, 0.3) is 0 Å². The number of hydrogen-bond donors (Lipinski definition) is 4. The fourth-order valence-electron chi connectivity index (χ4n) is 5.74. The van der Waals surface area contributed by atoms with E-state index in [4.69, 9.17) is 5.73 Å². The van der Waals surface area contributed by atoms with Gasteiger partial charge < -0.3 is 16.2 Å². The third-order valence-corrected chi connectivity index (χ3v) is 11.6. The molecule has 0 heterocycles. The lowest BCUT2D eigenvalue weighted by atomic mass is 9.85. The van der Waals surface area contributed by atoms with Crippen LogP contribution in [0.5, 0.6) is 0 Å². The maximum Gasteiger partial charge on any atom is 0.243 e. The van der Waals surface area contributed by atoms with E-state index in [-0.39, 0.29) is 35.4 Å². The number of nitrogens with zero attached hydrogens (tertiary/aromatic N) is 1. The van der Waals surface area contributed by atoms with Crippen molar-refractivity contribution in [2.75, 3.05) is 25.4 Å². The zero-order valence-electron chi connectivity index (χ0n) is 27.9. The maximum atomic E-state index is 14.0. The van der Waals surface area contributed by atoms with Crippen molar-refractivity contribution in [2.45, 2.75) is 60.9 Å². The highest BCUT2D eigenvalue weighted by atomic mass is 32.2. The van der Waals surface area contributed by atoms with Gasteiger partial charge in [-0.3, -0.25) is 4.79 Å². The summed E-state index contributed by atoms with van der Waals surface area (Å²) in [6.07, 6.45) is 1.33. The van der Waals surface area contributed by atoms with Gasteiger partial charge in [-0.25, -0.2) is 16.8 Å². The van der Waals surface area contributed by atoms with E-state index in [9.17, 15) is 26.7 Å². The maximum absolute atomic E-state index is 14.0. The van der Waals surface area contributed by atoms with Crippen LogP contribution in [-0.4, -0.2) is 63.9 Å². The van der Waals surface area contributed by atoms with Crippen LogP contribution in [0.3, 0.4) is 0 Å². The summed E-state index contributed by atoms with van der Waals surface area (Å²) in [7, 11) is -7.99. The monoisotopic (exact) mass is 706 g/mol. The molecule has 0 saturated carbocycles. The van der Waals surface area contributed by atoms with Gasteiger partial charge in [0.05, 0.1) is 16.4 Å². The molecule has 0 fully saturated rings. The smallest absolute Gasteiger partial charge is 0.243 e. The summed E-state index contributed by atoms with van der Waals surface area (Å²) in [6, 6.07) is 30.6. The largest absolute Gasteiger partial charge is 0.399 e. The van der Waals surface area contributed by atoms with Crippen molar-refractivity contribution in [3.05, 3.63) is 126 Å². The predicted molar refractivity (Wildman–Crippen MR) is 193 cm³/mol. The van der Waals surface area contributed by atoms with E-state index in [1.807, 2.05) is 74.5 Å². The summed E-state index contributed by atoms with van der Waals surface area (Å²) >= 11 is 0. The molecular formula is C37H46N4O6S2. The number of nitrogens with two attached hydrogens (primary N) is 1. The molecule has 0 bridgehead atoms. The summed E-state index contributed by atoms with van der Waals surface area (Å²) in [5.74, 6) is -1.12. The summed E-state index contributed by atoms with van der Waals surface area (Å²) in [6.45, 7) is 3.89. The normalized spacial score (nSPS) is 13.4. The third-order valence-electron chi connectivity index (χ3n) is 8.18. The Balaban J connectivity index is 1.51. The number of carbonyl (C=O) groups is 1. The molecule has 4 aromatic carbocycles. The Labute approximate surface area is 290 Å². The van der Waals surface area contributed by atoms with Crippen molar-refractivity contribution in [1.29, 1.82) is 0 Å². The lowest BCUT2D eigenvalue weighted by molar-refractivity contribution is -0.123. The zero-order valence-corrected chi connectivity index (χ0v) is 29.5. The van der Waals surface area contributed by atoms with Gasteiger partial charge in [-0.05, 0) is 66.3 Å². The molecule has 5 N–H and O–H groups in total. The molecule has 10 nitrogen and oxygen atoms in total. The van der Waals surface area contributed by atoms with Crippen LogP contribution in [0.15, 0.2) is 125 Å². The van der Waals surface area contributed by atoms with Crippen LogP contribution < -0.4 is 15.8 Å². The van der Waals surface area contributed by atoms with Crippen LogP contribution in [0.1, 0.15) is 50.2 Å². The number of aliphatic hydroxyl groups excluding tert-OH is 1. The van der Waals surface area contributed by atoms with E-state index in [1.54, 1.807) is 18.2 Å². The number of rotatable bonds is 18. The first-order valence-corrected chi connectivity index (χ1v) is 19.3. The number of nitrogens with one attached hydrogen (secondary N) is 2. The highest BCUT2D eigenvalue weighted by Gasteiger charge is 2.35. The molecule has 0 aromatic heterocycles. The Bertz CT molecular complexity index is 1790. The molecule has 2 atom stereocenters. The third kappa shape index (κ3) is 10.2. The molecule has 4 rings (SSSR count). The van der Waals surface area contributed by atoms with Gasteiger partial charge in [-0.1, -0.05) is 99.1 Å². The molecule has 0 saturated heterocycles. The average molecular weight is 707 g/mol. The first kappa shape index (κ1) is 37.7. The van der Waals surface area contributed by atoms with E-state index in [0.29, 0.717) is 24.9 Å². The van der Waals surface area contributed by atoms with Gasteiger partial charge in [0.1, 0.15) is 6.04 Å². The highest BCUT2D eigenvalue weighted by molar-refractivity contribution is 7.89. The van der Waals surface area contributed by atoms with Gasteiger partial charge >= 0.3 is 0 Å². The van der Waals surface area contributed by atoms with Crippen LogP contribution in [0.25, 0.3) is 0 Å². The summed E-state index contributed by atoms with van der Waals surface area (Å²) in [5, 5.41) is 13.2. The van der Waals surface area contributed by atoms with Crippen molar-refractivity contribution in [3.63, 3.8) is 0 Å². The standard InChI is InChI=1S/C37H46N4O6S2/c1-28(2)26-41(49(46,47)34-23-21-31(38)22-24-34)32(27-42)18-12-13-25-39-37(43)36(40-48(44,45)33-19-10-5-11-20-33)35(29-14-6-3-7-15-29)30-16-8-4-9-17-30/h3-11,14-17,19-24,28,32,35-36,40,42H,12-13,18,25-27,38H2,1-2H3,(H,39,43)/t32-,36-/m1/s1. The zero-order chi connectivity index (χ0) is 35.4. The lowest BCUT2D eigenvalue weighted by Gasteiger charge is -2.31. The fourth-order valence-corrected chi connectivity index (χ4v) is 8.78. The van der Waals surface area contributed by atoms with Crippen LogP contribution in [-0.2, 0) is 24.8 Å². The van der Waals surface area contributed by atoms with E-state index in [1.165, 1.54) is 40.7 Å². The number of nitrogen functional groups attached to an aromatic ring is 1. The van der Waals surface area contributed by atoms with Crippen molar-refractivity contribution in [3.8, 4) is 0 Å². The molecule has 12 heteroatoms. The summed E-state index contributed by atoms with van der Waals surface area (Å²) < 4.78 is 58.4. The van der Waals surface area contributed by atoms with E-state index >= 15 is 0 Å². The minimum Gasteiger partial charge on any atom is -0.399 e. The quantitative estimate of drug-likeness (QED) is 0.0860. The molecule has 1 amide bonds. The number of anilines is 1. The Morgan fingerprint density at radius 2 is 1.29 bits per heavy atom. The van der Waals surface area contributed by atoms with Gasteiger partial charge in [0.2, 0.25) is 26.0 Å². The minimum atomic E-state index is -4.08. The molecule has 4 aromatic rings. The van der Waals surface area contributed by atoms with Gasteiger partial charge in [-0.15, -0.1) is 0 Å². The first-order valence-electron chi connectivity index (χ1n) is 16.4. The predicted octanol–water partition coefficient (Wildman–Crippen LogP) is 4.74. The number of amides is 1. The lowest BCUT2D eigenvalue weighted by Crippen LogP contribution is -2.50. The first-order chi connectivity index (χ1) is 23.4. The Morgan fingerprint density at radius 1 is 0.755 bits per heavy atom. The second-order valence-electron chi connectivity index (χ2n) is 12.4. The molecule has 0 radical (unpaired) electrons. The number of benzene rings is 4. The summed E-state index contributed by atoms with van der Waals surface area (Å²) in [5.41, 5.74) is 7.75. The van der Waals surface area contributed by atoms with Crippen LogP contribution >= 0.6 is 0 Å². The Morgan fingerprint density at radius 3 is 1.80 bits per heavy atom. The van der Waals surface area contributed by atoms with Gasteiger partial charge in [0.15, 0.2) is 0 Å². The SMILES string of the molecule is CC(C)CN([C@@H](CO)CCCCNC(=O)[C@H](NS(=O)(=O)c1ccccc1)C(c1ccccc1)c1ccccc1)S(=O)(=O)c1ccc(N)cc1. The minimum absolute atomic E-state index is 0.00988. The Hall–Kier alpha value is -4.07. The Kier molecular flexibility index (Phi) is 13.5. The van der Waals surface area contributed by atoms with Crippen LogP contribution in [0.4, 0.5) is 5.69 Å². The highest BCUT2D eigenvalue weighted by Crippen LogP contribution is 2.30. The van der Waals surface area contributed by atoms with Crippen molar-refractivity contribution in [2.24, 2.45) is 5.92 Å². The molecule has 262 valence electrons. The number of unbranched alkanes of at least 4 members (excludes halogenated alkanes) is 1. The molecule has 0 unspecified atom stereocenters. The number of sulfonamides is 2. The van der Waals surface area contributed by atoms with Crippen molar-refractivity contribution >= 4 is 31.6 Å². The van der Waals surface area contributed by atoms with E-state index in [0.717, 1.165) is 11.1 Å². The number of aliphatic hydroxyl groups is 1. The average Bonchev–Trinajstić information content (AvgIpc) is 3.10. The second-order valence-corrected chi connectivity index (χ2v) is 16.0. The fraction of sp³-hybridized carbons (Fsp3) is 0.324.